The molecule has 0 aliphatic carbocycles. The molecule has 0 saturated carbocycles. The summed E-state index contributed by atoms with van der Waals surface area (Å²) in [5.41, 5.74) is 0.836. The average Bonchev–Trinajstić information content (AvgIpc) is 2.80. The van der Waals surface area contributed by atoms with Gasteiger partial charge in [-0.25, -0.2) is 9.97 Å². The molecule has 1 unspecified atom stereocenters. The summed E-state index contributed by atoms with van der Waals surface area (Å²) in [6.07, 6.45) is 2.87. The molecule has 2 heterocycles. The predicted octanol–water partition coefficient (Wildman–Crippen LogP) is 2.56. The van der Waals surface area contributed by atoms with E-state index < -0.39 is 0 Å². The lowest BCUT2D eigenvalue weighted by molar-refractivity contribution is 0.0315. The fourth-order valence-electron chi connectivity index (χ4n) is 1.63. The molecule has 1 aliphatic rings. The zero-order valence-electron chi connectivity index (χ0n) is 10.1. The van der Waals surface area contributed by atoms with Crippen molar-refractivity contribution in [2.24, 2.45) is 0 Å². The molecule has 94 valence electrons. The van der Waals surface area contributed by atoms with Crippen molar-refractivity contribution in [2.75, 3.05) is 13.2 Å². The summed E-state index contributed by atoms with van der Waals surface area (Å²) in [6, 6.07) is 0. The van der Waals surface area contributed by atoms with Gasteiger partial charge >= 0.3 is 0 Å². The molecule has 0 radical (unpaired) electrons. The highest BCUT2D eigenvalue weighted by molar-refractivity contribution is 6.30. The fourth-order valence-corrected chi connectivity index (χ4v) is 1.82. The van der Waals surface area contributed by atoms with Crippen molar-refractivity contribution in [1.82, 2.24) is 9.97 Å². The Balaban J connectivity index is 1.96. The molecular formula is C12H17ClN2O2. The zero-order valence-corrected chi connectivity index (χ0v) is 10.9. The minimum absolute atomic E-state index is 0.177. The van der Waals surface area contributed by atoms with E-state index >= 15 is 0 Å². The lowest BCUT2D eigenvalue weighted by Gasteiger charge is -2.11. The molecule has 1 atom stereocenters. The smallest absolute Gasteiger partial charge is 0.138 e. The van der Waals surface area contributed by atoms with Gasteiger partial charge in [0.05, 0.1) is 19.3 Å². The maximum Gasteiger partial charge on any atom is 0.138 e. The van der Waals surface area contributed by atoms with E-state index in [1.54, 1.807) is 6.20 Å². The normalized spacial score (nSPS) is 20.1. The van der Waals surface area contributed by atoms with Crippen molar-refractivity contribution in [3.63, 3.8) is 0 Å². The molecule has 1 saturated heterocycles. The van der Waals surface area contributed by atoms with Crippen LogP contribution in [0.1, 0.15) is 37.6 Å². The largest absolute Gasteiger partial charge is 0.379 e. The van der Waals surface area contributed by atoms with Crippen molar-refractivity contribution in [3.05, 3.63) is 22.7 Å². The van der Waals surface area contributed by atoms with Gasteiger partial charge in [-0.1, -0.05) is 25.4 Å². The number of hydrogen-bond acceptors (Lipinski definition) is 4. The van der Waals surface area contributed by atoms with Crippen LogP contribution in [0.15, 0.2) is 6.20 Å². The molecule has 1 aromatic rings. The van der Waals surface area contributed by atoms with E-state index in [1.807, 2.05) is 13.8 Å². The lowest BCUT2D eigenvalue weighted by Crippen LogP contribution is -2.12. The molecule has 1 aliphatic heterocycles. The van der Waals surface area contributed by atoms with Crippen LogP contribution in [0, 0.1) is 0 Å². The zero-order chi connectivity index (χ0) is 12.3. The van der Waals surface area contributed by atoms with Crippen LogP contribution in [-0.2, 0) is 16.1 Å². The van der Waals surface area contributed by atoms with Crippen molar-refractivity contribution < 1.29 is 9.47 Å². The standard InChI is InChI=1S/C12H17ClN2O2/c1-8(2)12-14-5-9(11(13)15-12)6-17-10-3-4-16-7-10/h5,8,10H,3-4,6-7H2,1-2H3. The Bertz CT molecular complexity index is 379. The summed E-state index contributed by atoms with van der Waals surface area (Å²) < 4.78 is 10.9. The highest BCUT2D eigenvalue weighted by Crippen LogP contribution is 2.18. The second-order valence-electron chi connectivity index (χ2n) is 4.50. The minimum atomic E-state index is 0.177. The van der Waals surface area contributed by atoms with Crippen LogP contribution < -0.4 is 0 Å². The van der Waals surface area contributed by atoms with Gasteiger partial charge < -0.3 is 9.47 Å². The monoisotopic (exact) mass is 256 g/mol. The van der Waals surface area contributed by atoms with Gasteiger partial charge in [0.2, 0.25) is 0 Å². The van der Waals surface area contributed by atoms with Crippen LogP contribution in [0.5, 0.6) is 0 Å². The maximum atomic E-state index is 6.10. The van der Waals surface area contributed by atoms with Gasteiger partial charge in [-0.15, -0.1) is 0 Å². The number of halogens is 1. The lowest BCUT2D eigenvalue weighted by atomic mass is 10.2. The SMILES string of the molecule is CC(C)c1ncc(COC2CCOC2)c(Cl)n1. The first-order valence-corrected chi connectivity index (χ1v) is 6.25. The molecule has 0 amide bonds. The predicted molar refractivity (Wildman–Crippen MR) is 65.1 cm³/mol. The van der Waals surface area contributed by atoms with Crippen molar-refractivity contribution in [2.45, 2.75) is 38.9 Å². The van der Waals surface area contributed by atoms with Crippen LogP contribution in [0.3, 0.4) is 0 Å². The third-order valence-corrected chi connectivity index (χ3v) is 3.04. The molecule has 0 bridgehead atoms. The first-order valence-electron chi connectivity index (χ1n) is 5.87. The molecule has 0 spiro atoms. The van der Waals surface area contributed by atoms with Crippen molar-refractivity contribution >= 4 is 11.6 Å². The summed E-state index contributed by atoms with van der Waals surface area (Å²) in [5, 5.41) is 0.489. The number of nitrogens with zero attached hydrogens (tertiary/aromatic N) is 2. The minimum Gasteiger partial charge on any atom is -0.379 e. The highest BCUT2D eigenvalue weighted by Gasteiger charge is 2.17. The summed E-state index contributed by atoms with van der Waals surface area (Å²) >= 11 is 6.10. The Morgan fingerprint density at radius 2 is 2.41 bits per heavy atom. The van der Waals surface area contributed by atoms with Crippen molar-refractivity contribution in [1.29, 1.82) is 0 Å². The van der Waals surface area contributed by atoms with Gasteiger partial charge in [-0.05, 0) is 6.42 Å². The summed E-state index contributed by atoms with van der Waals surface area (Å²) in [7, 11) is 0. The molecule has 1 aromatic heterocycles. The Kier molecular flexibility index (Phi) is 4.31. The number of aromatic nitrogens is 2. The van der Waals surface area contributed by atoms with Gasteiger partial charge in [0.15, 0.2) is 0 Å². The number of ether oxygens (including phenoxy) is 2. The molecule has 0 N–H and O–H groups in total. The average molecular weight is 257 g/mol. The van der Waals surface area contributed by atoms with E-state index in [9.17, 15) is 0 Å². The van der Waals surface area contributed by atoms with Crippen molar-refractivity contribution in [3.8, 4) is 0 Å². The highest BCUT2D eigenvalue weighted by atomic mass is 35.5. The van der Waals surface area contributed by atoms with Gasteiger partial charge in [-0.3, -0.25) is 0 Å². The molecule has 1 fully saturated rings. The Labute approximate surface area is 106 Å². The molecule has 5 heteroatoms. The summed E-state index contributed by atoms with van der Waals surface area (Å²) in [4.78, 5) is 8.54. The second kappa shape index (κ2) is 5.76. The topological polar surface area (TPSA) is 44.2 Å². The molecule has 0 aromatic carbocycles. The van der Waals surface area contributed by atoms with E-state index in [4.69, 9.17) is 21.1 Å². The van der Waals surface area contributed by atoms with E-state index in [0.29, 0.717) is 18.4 Å². The van der Waals surface area contributed by atoms with Gasteiger partial charge in [-0.2, -0.15) is 0 Å². The summed E-state index contributed by atoms with van der Waals surface area (Å²) in [5.74, 6) is 1.05. The van der Waals surface area contributed by atoms with E-state index in [1.165, 1.54) is 0 Å². The molecular weight excluding hydrogens is 240 g/mol. The molecule has 2 rings (SSSR count). The van der Waals surface area contributed by atoms with Gasteiger partial charge in [0.25, 0.3) is 0 Å². The van der Waals surface area contributed by atoms with Gasteiger partial charge in [0.1, 0.15) is 11.0 Å². The fraction of sp³-hybridized carbons (Fsp3) is 0.667. The molecule has 17 heavy (non-hydrogen) atoms. The number of hydrogen-bond donors (Lipinski definition) is 0. The summed E-state index contributed by atoms with van der Waals surface area (Å²) in [6.45, 7) is 5.98. The Morgan fingerprint density at radius 1 is 1.59 bits per heavy atom. The van der Waals surface area contributed by atoms with Gasteiger partial charge in [0, 0.05) is 24.3 Å². The Morgan fingerprint density at radius 3 is 3.00 bits per heavy atom. The van der Waals surface area contributed by atoms with E-state index in [2.05, 4.69) is 9.97 Å². The van der Waals surface area contributed by atoms with Crippen LogP contribution in [0.2, 0.25) is 5.15 Å². The van der Waals surface area contributed by atoms with Crippen LogP contribution in [-0.4, -0.2) is 29.3 Å². The number of rotatable bonds is 4. The van der Waals surface area contributed by atoms with E-state index in [-0.39, 0.29) is 12.0 Å². The maximum absolute atomic E-state index is 6.10. The molecule has 4 nitrogen and oxygen atoms in total. The second-order valence-corrected chi connectivity index (χ2v) is 4.85. The van der Waals surface area contributed by atoms with Crippen LogP contribution in [0.4, 0.5) is 0 Å². The third kappa shape index (κ3) is 3.37. The third-order valence-electron chi connectivity index (χ3n) is 2.71. The first kappa shape index (κ1) is 12.7. The first-order chi connectivity index (χ1) is 8.16. The Hall–Kier alpha value is -0.710. The van der Waals surface area contributed by atoms with Crippen LogP contribution in [0.25, 0.3) is 0 Å². The quantitative estimate of drug-likeness (QED) is 0.777. The van der Waals surface area contributed by atoms with Crippen LogP contribution >= 0.6 is 11.6 Å². The van der Waals surface area contributed by atoms with E-state index in [0.717, 1.165) is 24.4 Å².